The zero-order valence-electron chi connectivity index (χ0n) is 10.7. The number of fused-ring (bicyclic) bond motifs is 2. The average Bonchev–Trinajstić information content (AvgIpc) is 2.51. The first-order valence-electron chi connectivity index (χ1n) is 6.36. The Hall–Kier alpha value is -3.19. The monoisotopic (exact) mass is 273 g/mol. The van der Waals surface area contributed by atoms with Gasteiger partial charge in [-0.2, -0.15) is 5.26 Å². The van der Waals surface area contributed by atoms with E-state index >= 15 is 0 Å². The Morgan fingerprint density at radius 3 is 2.38 bits per heavy atom. The number of rotatable bonds is 0. The van der Waals surface area contributed by atoms with Crippen LogP contribution in [0.25, 0.3) is 22.1 Å². The quantitative estimate of drug-likeness (QED) is 0.462. The van der Waals surface area contributed by atoms with Crippen LogP contribution in [-0.4, -0.2) is 5.78 Å². The summed E-state index contributed by atoms with van der Waals surface area (Å²) in [6.45, 7) is 0. The molecule has 4 rings (SSSR count). The molecule has 0 spiro atoms. The summed E-state index contributed by atoms with van der Waals surface area (Å²) < 4.78 is 5.17. The Morgan fingerprint density at radius 2 is 1.62 bits per heavy atom. The summed E-state index contributed by atoms with van der Waals surface area (Å²) in [5.74, 6) is -0.124. The first-order chi connectivity index (χ1) is 10.2. The smallest absolute Gasteiger partial charge is 0.354 e. The number of hydrogen-bond donors (Lipinski definition) is 0. The number of ketones is 1. The Morgan fingerprint density at radius 1 is 0.905 bits per heavy atom. The van der Waals surface area contributed by atoms with E-state index in [0.29, 0.717) is 33.2 Å². The lowest BCUT2D eigenvalue weighted by Crippen LogP contribution is -2.15. The van der Waals surface area contributed by atoms with Crippen molar-refractivity contribution in [2.75, 3.05) is 0 Å². The van der Waals surface area contributed by atoms with Crippen LogP contribution in [0.3, 0.4) is 0 Å². The van der Waals surface area contributed by atoms with Crippen molar-refractivity contribution in [3.05, 3.63) is 69.6 Å². The highest BCUT2D eigenvalue weighted by molar-refractivity contribution is 6.25. The minimum atomic E-state index is -0.679. The third-order valence-corrected chi connectivity index (χ3v) is 3.73. The van der Waals surface area contributed by atoms with E-state index in [4.69, 9.17) is 4.42 Å². The summed E-state index contributed by atoms with van der Waals surface area (Å²) in [4.78, 5) is 24.6. The van der Waals surface area contributed by atoms with Gasteiger partial charge >= 0.3 is 5.63 Å². The Bertz CT molecular complexity index is 1040. The van der Waals surface area contributed by atoms with Crippen LogP contribution in [0.15, 0.2) is 51.7 Å². The molecule has 0 saturated carbocycles. The van der Waals surface area contributed by atoms with Crippen LogP contribution in [0.5, 0.6) is 0 Å². The van der Waals surface area contributed by atoms with Gasteiger partial charge in [-0.25, -0.2) is 4.79 Å². The number of hydrogen-bond acceptors (Lipinski definition) is 4. The number of carbonyl (C=O) groups excluding carboxylic acids is 1. The third kappa shape index (κ3) is 1.37. The van der Waals surface area contributed by atoms with Crippen LogP contribution in [-0.2, 0) is 0 Å². The number of nitrogens with zero attached hydrogens (tertiary/aromatic N) is 1. The lowest BCUT2D eigenvalue weighted by atomic mass is 9.83. The SMILES string of the molecule is N#Cc1c2c3c(cccc3oc1=O)C(=O)c1ccccc1-2. The summed E-state index contributed by atoms with van der Waals surface area (Å²) in [7, 11) is 0. The van der Waals surface area contributed by atoms with Crippen LogP contribution in [0, 0.1) is 11.3 Å². The van der Waals surface area contributed by atoms with Gasteiger partial charge in [0.2, 0.25) is 0 Å². The molecule has 98 valence electrons. The maximum Gasteiger partial charge on any atom is 0.354 e. The Balaban J connectivity index is 2.37. The molecule has 0 N–H and O–H groups in total. The van der Waals surface area contributed by atoms with E-state index in [1.807, 2.05) is 6.07 Å². The Kier molecular flexibility index (Phi) is 2.16. The third-order valence-electron chi connectivity index (χ3n) is 3.73. The molecule has 0 radical (unpaired) electrons. The summed E-state index contributed by atoms with van der Waals surface area (Å²) in [6.07, 6.45) is 0. The van der Waals surface area contributed by atoms with Crippen LogP contribution in [0.2, 0.25) is 0 Å². The molecular weight excluding hydrogens is 266 g/mol. The number of nitriles is 1. The highest BCUT2D eigenvalue weighted by Gasteiger charge is 2.29. The minimum absolute atomic E-state index is 0.0603. The van der Waals surface area contributed by atoms with Gasteiger partial charge in [-0.05, 0) is 11.6 Å². The molecule has 21 heavy (non-hydrogen) atoms. The first kappa shape index (κ1) is 11.6. The minimum Gasteiger partial charge on any atom is -0.422 e. The molecular formula is C17H7NO3. The predicted molar refractivity (Wildman–Crippen MR) is 76.1 cm³/mol. The van der Waals surface area contributed by atoms with Crippen LogP contribution in [0.4, 0.5) is 0 Å². The molecule has 4 heteroatoms. The molecule has 1 aromatic heterocycles. The molecule has 0 bridgehead atoms. The molecule has 3 aromatic rings. The summed E-state index contributed by atoms with van der Waals surface area (Å²) >= 11 is 0. The topological polar surface area (TPSA) is 71.1 Å². The van der Waals surface area contributed by atoms with E-state index in [-0.39, 0.29) is 11.3 Å². The zero-order valence-corrected chi connectivity index (χ0v) is 10.7. The van der Waals surface area contributed by atoms with Crippen molar-refractivity contribution in [1.29, 1.82) is 5.26 Å². The van der Waals surface area contributed by atoms with Gasteiger partial charge in [0.15, 0.2) is 5.78 Å². The molecule has 0 fully saturated rings. The van der Waals surface area contributed by atoms with E-state index in [1.54, 1.807) is 42.5 Å². The largest absolute Gasteiger partial charge is 0.422 e. The van der Waals surface area contributed by atoms with Crippen LogP contribution < -0.4 is 5.63 Å². The fourth-order valence-corrected chi connectivity index (χ4v) is 2.86. The second-order valence-electron chi connectivity index (χ2n) is 4.80. The highest BCUT2D eigenvalue weighted by Crippen LogP contribution is 2.39. The zero-order chi connectivity index (χ0) is 14.6. The maximum absolute atomic E-state index is 12.6. The number of benzene rings is 2. The van der Waals surface area contributed by atoms with Gasteiger partial charge < -0.3 is 4.42 Å². The molecule has 2 aromatic carbocycles. The van der Waals surface area contributed by atoms with E-state index in [0.717, 1.165) is 0 Å². The van der Waals surface area contributed by atoms with Gasteiger partial charge in [0, 0.05) is 22.1 Å². The van der Waals surface area contributed by atoms with Gasteiger partial charge in [-0.15, -0.1) is 0 Å². The van der Waals surface area contributed by atoms with Gasteiger partial charge in [0.05, 0.1) is 0 Å². The fraction of sp³-hybridized carbons (Fsp3) is 0. The standard InChI is InChI=1S/C17H7NO3/c18-8-12-14-9-4-1-2-5-10(9)16(19)11-6-3-7-13(15(11)14)21-17(12)20/h1-7H. The second kappa shape index (κ2) is 3.90. The summed E-state index contributed by atoms with van der Waals surface area (Å²) in [6, 6.07) is 13.9. The molecule has 0 amide bonds. The van der Waals surface area contributed by atoms with Crippen molar-refractivity contribution in [3.63, 3.8) is 0 Å². The van der Waals surface area contributed by atoms with Crippen molar-refractivity contribution in [3.8, 4) is 17.2 Å². The highest BCUT2D eigenvalue weighted by atomic mass is 16.4. The molecule has 0 unspecified atom stereocenters. The van der Waals surface area contributed by atoms with Crippen LogP contribution >= 0.6 is 0 Å². The second-order valence-corrected chi connectivity index (χ2v) is 4.80. The molecule has 0 saturated heterocycles. The van der Waals surface area contributed by atoms with Crippen molar-refractivity contribution >= 4 is 16.8 Å². The van der Waals surface area contributed by atoms with Crippen molar-refractivity contribution in [1.82, 2.24) is 0 Å². The summed E-state index contributed by atoms with van der Waals surface area (Å²) in [5, 5.41) is 9.84. The molecule has 0 aliphatic heterocycles. The van der Waals surface area contributed by atoms with E-state index in [1.165, 1.54) is 0 Å². The van der Waals surface area contributed by atoms with Crippen molar-refractivity contribution in [2.45, 2.75) is 0 Å². The molecule has 4 nitrogen and oxygen atoms in total. The van der Waals surface area contributed by atoms with Gasteiger partial charge in [0.1, 0.15) is 17.2 Å². The van der Waals surface area contributed by atoms with Crippen molar-refractivity contribution < 1.29 is 9.21 Å². The van der Waals surface area contributed by atoms with E-state index < -0.39 is 5.63 Å². The van der Waals surface area contributed by atoms with Gasteiger partial charge in [0.25, 0.3) is 0 Å². The van der Waals surface area contributed by atoms with Crippen LogP contribution in [0.1, 0.15) is 21.5 Å². The summed E-state index contributed by atoms with van der Waals surface area (Å²) in [5.41, 5.74) is 1.65. The van der Waals surface area contributed by atoms with E-state index in [9.17, 15) is 14.9 Å². The molecule has 0 atom stereocenters. The maximum atomic E-state index is 12.6. The van der Waals surface area contributed by atoms with Crippen molar-refractivity contribution in [2.24, 2.45) is 0 Å². The van der Waals surface area contributed by atoms with Gasteiger partial charge in [-0.3, -0.25) is 4.79 Å². The fourth-order valence-electron chi connectivity index (χ4n) is 2.86. The number of carbonyl (C=O) groups is 1. The average molecular weight is 273 g/mol. The van der Waals surface area contributed by atoms with Gasteiger partial charge in [-0.1, -0.05) is 36.4 Å². The molecule has 1 aliphatic rings. The normalized spacial score (nSPS) is 12.0. The predicted octanol–water partition coefficient (Wildman–Crippen LogP) is 2.88. The lowest BCUT2D eigenvalue weighted by Gasteiger charge is -2.19. The Labute approximate surface area is 118 Å². The first-order valence-corrected chi connectivity index (χ1v) is 6.36. The van der Waals surface area contributed by atoms with E-state index in [2.05, 4.69) is 0 Å². The molecule has 1 aliphatic carbocycles. The lowest BCUT2D eigenvalue weighted by molar-refractivity contribution is 0.104. The molecule has 1 heterocycles.